The molecule has 0 atom stereocenters. The number of hydrogen-bond acceptors (Lipinski definition) is 3. The summed E-state index contributed by atoms with van der Waals surface area (Å²) in [6.07, 6.45) is 1.65. The summed E-state index contributed by atoms with van der Waals surface area (Å²) in [5, 5.41) is 2.82. The summed E-state index contributed by atoms with van der Waals surface area (Å²) >= 11 is 0. The predicted molar refractivity (Wildman–Crippen MR) is 90.9 cm³/mol. The molecule has 0 aliphatic carbocycles. The second-order valence-electron chi connectivity index (χ2n) is 5.16. The number of nitrogens with one attached hydrogen (secondary N) is 2. The molecule has 0 saturated carbocycles. The minimum atomic E-state index is -0.312. The average molecular weight is 307 g/mol. The number of amides is 1. The predicted octanol–water partition coefficient (Wildman–Crippen LogP) is 3.69. The third-order valence-electron chi connectivity index (χ3n) is 3.34. The Kier molecular flexibility index (Phi) is 4.10. The molecule has 23 heavy (non-hydrogen) atoms. The maximum atomic E-state index is 12.4. The van der Waals surface area contributed by atoms with Crippen LogP contribution in [0.4, 0.5) is 5.69 Å². The number of aryl methyl sites for hydroxylation is 1. The molecule has 2 N–H and O–H groups in total. The SMILES string of the molecule is C=CCOc1ccccc1NC(=O)c1nc2ccc(C)cc2[nH]1. The molecule has 5 nitrogen and oxygen atoms in total. The fourth-order valence-electron chi connectivity index (χ4n) is 2.26. The molecular formula is C18H17N3O2. The molecule has 2 aromatic carbocycles. The Labute approximate surface area is 134 Å². The fourth-order valence-corrected chi connectivity index (χ4v) is 2.26. The van der Waals surface area contributed by atoms with Gasteiger partial charge < -0.3 is 15.0 Å². The van der Waals surface area contributed by atoms with E-state index in [0.29, 0.717) is 18.0 Å². The van der Waals surface area contributed by atoms with Crippen molar-refractivity contribution in [2.24, 2.45) is 0 Å². The number of aromatic amines is 1. The number of fused-ring (bicyclic) bond motifs is 1. The van der Waals surface area contributed by atoms with E-state index < -0.39 is 0 Å². The van der Waals surface area contributed by atoms with Crippen LogP contribution in [0.15, 0.2) is 55.1 Å². The Morgan fingerprint density at radius 1 is 1.35 bits per heavy atom. The first-order chi connectivity index (χ1) is 11.2. The van der Waals surface area contributed by atoms with Gasteiger partial charge in [-0.2, -0.15) is 0 Å². The normalized spacial score (nSPS) is 10.5. The zero-order chi connectivity index (χ0) is 16.2. The van der Waals surface area contributed by atoms with Gasteiger partial charge in [-0.05, 0) is 36.8 Å². The average Bonchev–Trinajstić information content (AvgIpc) is 2.97. The topological polar surface area (TPSA) is 67.0 Å². The molecule has 1 aromatic heterocycles. The van der Waals surface area contributed by atoms with Gasteiger partial charge in [0.15, 0.2) is 5.82 Å². The van der Waals surface area contributed by atoms with Crippen molar-refractivity contribution < 1.29 is 9.53 Å². The molecule has 0 bridgehead atoms. The molecular weight excluding hydrogens is 290 g/mol. The number of ether oxygens (including phenoxy) is 1. The van der Waals surface area contributed by atoms with Gasteiger partial charge in [-0.25, -0.2) is 4.98 Å². The first kappa shape index (κ1) is 14.8. The number of carbonyl (C=O) groups is 1. The summed E-state index contributed by atoms with van der Waals surface area (Å²) in [4.78, 5) is 19.8. The molecule has 0 aliphatic rings. The molecule has 0 spiro atoms. The maximum Gasteiger partial charge on any atom is 0.291 e. The molecule has 0 unspecified atom stereocenters. The Balaban J connectivity index is 1.84. The highest BCUT2D eigenvalue weighted by atomic mass is 16.5. The van der Waals surface area contributed by atoms with Gasteiger partial charge in [0, 0.05) is 0 Å². The lowest BCUT2D eigenvalue weighted by atomic mass is 10.2. The first-order valence-corrected chi connectivity index (χ1v) is 7.28. The third-order valence-corrected chi connectivity index (χ3v) is 3.34. The molecule has 1 heterocycles. The number of carbonyl (C=O) groups excluding carboxylic acids is 1. The van der Waals surface area contributed by atoms with Crippen LogP contribution >= 0.6 is 0 Å². The zero-order valence-electron chi connectivity index (χ0n) is 12.8. The number of para-hydroxylation sites is 2. The Hall–Kier alpha value is -3.08. The second kappa shape index (κ2) is 6.36. The van der Waals surface area contributed by atoms with E-state index in [4.69, 9.17) is 4.74 Å². The summed E-state index contributed by atoms with van der Waals surface area (Å²) in [5.74, 6) is 0.547. The lowest BCUT2D eigenvalue weighted by molar-refractivity contribution is 0.101. The van der Waals surface area contributed by atoms with Crippen LogP contribution in [0.3, 0.4) is 0 Å². The number of imidazole rings is 1. The van der Waals surface area contributed by atoms with Crippen molar-refractivity contribution in [3.63, 3.8) is 0 Å². The summed E-state index contributed by atoms with van der Waals surface area (Å²) in [5.41, 5.74) is 3.30. The van der Waals surface area contributed by atoms with E-state index in [1.165, 1.54) is 0 Å². The van der Waals surface area contributed by atoms with Crippen LogP contribution in [-0.2, 0) is 0 Å². The number of rotatable bonds is 5. The molecule has 116 valence electrons. The van der Waals surface area contributed by atoms with E-state index in [1.807, 2.05) is 37.3 Å². The van der Waals surface area contributed by atoms with Gasteiger partial charge >= 0.3 is 0 Å². The van der Waals surface area contributed by atoms with Crippen LogP contribution in [0.5, 0.6) is 5.75 Å². The molecule has 0 aliphatic heterocycles. The van der Waals surface area contributed by atoms with Crippen molar-refractivity contribution in [2.75, 3.05) is 11.9 Å². The summed E-state index contributed by atoms with van der Waals surface area (Å²) in [6, 6.07) is 13.1. The fraction of sp³-hybridized carbons (Fsp3) is 0.111. The van der Waals surface area contributed by atoms with E-state index in [0.717, 1.165) is 16.6 Å². The van der Waals surface area contributed by atoms with Crippen LogP contribution in [-0.4, -0.2) is 22.5 Å². The zero-order valence-corrected chi connectivity index (χ0v) is 12.8. The number of anilines is 1. The highest BCUT2D eigenvalue weighted by Gasteiger charge is 2.13. The van der Waals surface area contributed by atoms with Gasteiger partial charge in [0.2, 0.25) is 0 Å². The van der Waals surface area contributed by atoms with Gasteiger partial charge in [0.05, 0.1) is 16.7 Å². The van der Waals surface area contributed by atoms with E-state index in [-0.39, 0.29) is 11.7 Å². The van der Waals surface area contributed by atoms with Crippen molar-refractivity contribution >= 4 is 22.6 Å². The van der Waals surface area contributed by atoms with Crippen LogP contribution in [0.25, 0.3) is 11.0 Å². The summed E-state index contributed by atoms with van der Waals surface area (Å²) < 4.78 is 5.53. The van der Waals surface area contributed by atoms with E-state index >= 15 is 0 Å². The molecule has 3 aromatic rings. The van der Waals surface area contributed by atoms with Crippen LogP contribution in [0.2, 0.25) is 0 Å². The largest absolute Gasteiger partial charge is 0.487 e. The van der Waals surface area contributed by atoms with E-state index in [1.54, 1.807) is 18.2 Å². The molecule has 1 amide bonds. The second-order valence-corrected chi connectivity index (χ2v) is 5.16. The van der Waals surface area contributed by atoms with Crippen molar-refractivity contribution in [3.8, 4) is 5.75 Å². The molecule has 3 rings (SSSR count). The Morgan fingerprint density at radius 2 is 2.17 bits per heavy atom. The number of hydrogen-bond donors (Lipinski definition) is 2. The third kappa shape index (κ3) is 3.23. The van der Waals surface area contributed by atoms with Crippen LogP contribution in [0, 0.1) is 6.92 Å². The van der Waals surface area contributed by atoms with Crippen molar-refractivity contribution in [1.82, 2.24) is 9.97 Å². The van der Waals surface area contributed by atoms with Gasteiger partial charge in [-0.15, -0.1) is 0 Å². The minimum absolute atomic E-state index is 0.268. The van der Waals surface area contributed by atoms with Gasteiger partial charge in [0.1, 0.15) is 12.4 Å². The van der Waals surface area contributed by atoms with Crippen LogP contribution in [0.1, 0.15) is 16.2 Å². The lowest BCUT2D eigenvalue weighted by Crippen LogP contribution is -2.14. The standard InChI is InChI=1S/C18H17N3O2/c1-3-10-23-16-7-5-4-6-14(16)21-18(22)17-19-13-9-8-12(2)11-15(13)20-17/h3-9,11H,1,10H2,2H3,(H,19,20)(H,21,22). The van der Waals surface area contributed by atoms with Gasteiger partial charge in [-0.3, -0.25) is 4.79 Å². The van der Waals surface area contributed by atoms with Crippen molar-refractivity contribution in [3.05, 3.63) is 66.5 Å². The smallest absolute Gasteiger partial charge is 0.291 e. The quantitative estimate of drug-likeness (QED) is 0.706. The number of benzene rings is 2. The van der Waals surface area contributed by atoms with Crippen molar-refractivity contribution in [1.29, 1.82) is 0 Å². The first-order valence-electron chi connectivity index (χ1n) is 7.28. The maximum absolute atomic E-state index is 12.4. The Morgan fingerprint density at radius 3 is 3.00 bits per heavy atom. The summed E-state index contributed by atoms with van der Waals surface area (Å²) in [7, 11) is 0. The molecule has 0 fully saturated rings. The molecule has 0 saturated heterocycles. The van der Waals surface area contributed by atoms with E-state index in [2.05, 4.69) is 21.9 Å². The number of nitrogens with zero attached hydrogens (tertiary/aromatic N) is 1. The molecule has 5 heteroatoms. The number of aromatic nitrogens is 2. The van der Waals surface area contributed by atoms with Crippen LogP contribution < -0.4 is 10.1 Å². The van der Waals surface area contributed by atoms with Gasteiger partial charge in [-0.1, -0.05) is 30.9 Å². The number of H-pyrrole nitrogens is 1. The summed E-state index contributed by atoms with van der Waals surface area (Å²) in [6.45, 7) is 5.98. The lowest BCUT2D eigenvalue weighted by Gasteiger charge is -2.10. The Bertz CT molecular complexity index is 868. The molecule has 0 radical (unpaired) electrons. The van der Waals surface area contributed by atoms with E-state index in [9.17, 15) is 4.79 Å². The van der Waals surface area contributed by atoms with Crippen molar-refractivity contribution in [2.45, 2.75) is 6.92 Å². The van der Waals surface area contributed by atoms with Gasteiger partial charge in [0.25, 0.3) is 5.91 Å². The minimum Gasteiger partial charge on any atom is -0.487 e. The highest BCUT2D eigenvalue weighted by molar-refractivity contribution is 6.04. The monoisotopic (exact) mass is 307 g/mol. The highest BCUT2D eigenvalue weighted by Crippen LogP contribution is 2.24.